The largest absolute Gasteiger partial charge is 0.285 e. The fraction of sp³-hybridized carbons (Fsp3) is 0.200. The Morgan fingerprint density at radius 1 is 1.26 bits per heavy atom. The number of aliphatic imine (C=N–C) groups is 1. The Hall–Kier alpha value is -1.76. The lowest BCUT2D eigenvalue weighted by molar-refractivity contribution is 0.484. The Kier molecular flexibility index (Phi) is 4.41. The molecular weight excluding hydrogens is 292 g/mol. The van der Waals surface area contributed by atoms with Gasteiger partial charge in [0.2, 0.25) is 14.9 Å². The molecule has 0 radical (unpaired) electrons. The van der Waals surface area contributed by atoms with E-state index >= 15 is 0 Å². The highest BCUT2D eigenvalue weighted by Crippen LogP contribution is 2.13. The van der Waals surface area contributed by atoms with Gasteiger partial charge in [0, 0.05) is 0 Å². The quantitative estimate of drug-likeness (QED) is 0.493. The van der Waals surface area contributed by atoms with Gasteiger partial charge in [0.1, 0.15) is 6.07 Å². The van der Waals surface area contributed by atoms with Crippen LogP contribution in [0.4, 0.5) is 0 Å². The summed E-state index contributed by atoms with van der Waals surface area (Å²) in [6.07, 6.45) is 0. The normalized spacial score (nSPS) is 13.0. The Morgan fingerprint density at radius 2 is 1.79 bits per heavy atom. The lowest BCUT2D eigenvalue weighted by Gasteiger charge is -2.02. The standard InChI is InChI=1S/C10H10N2O5S2/c1-8-2-4-9(5-3-8)19(16,17)10(6-11)12-7-18(13,14)15/h2-5H,7H2,1H3,(H,13,14,15)/b12-10+. The van der Waals surface area contributed by atoms with Crippen LogP contribution in [0.3, 0.4) is 0 Å². The number of nitriles is 1. The second-order valence-corrected chi connectivity index (χ2v) is 6.89. The summed E-state index contributed by atoms with van der Waals surface area (Å²) in [7, 11) is -8.66. The van der Waals surface area contributed by atoms with Crippen LogP contribution in [0, 0.1) is 18.3 Å². The molecule has 0 saturated carbocycles. The lowest BCUT2D eigenvalue weighted by atomic mass is 10.2. The molecule has 9 heteroatoms. The first kappa shape index (κ1) is 15.3. The average Bonchev–Trinajstić information content (AvgIpc) is 2.28. The van der Waals surface area contributed by atoms with E-state index in [0.717, 1.165) is 5.56 Å². The van der Waals surface area contributed by atoms with Gasteiger partial charge >= 0.3 is 0 Å². The smallest absolute Gasteiger partial charge is 0.284 e. The summed E-state index contributed by atoms with van der Waals surface area (Å²) in [6.45, 7) is 1.76. The van der Waals surface area contributed by atoms with E-state index in [1.165, 1.54) is 30.3 Å². The van der Waals surface area contributed by atoms with Crippen molar-refractivity contribution >= 4 is 25.0 Å². The molecule has 0 aliphatic carbocycles. The summed E-state index contributed by atoms with van der Waals surface area (Å²) < 4.78 is 53.4. The van der Waals surface area contributed by atoms with Crippen LogP contribution in [-0.4, -0.2) is 32.3 Å². The fourth-order valence-corrected chi connectivity index (χ4v) is 2.60. The Labute approximate surface area is 110 Å². The number of sulfone groups is 1. The summed E-state index contributed by atoms with van der Waals surface area (Å²) in [6, 6.07) is 6.94. The van der Waals surface area contributed by atoms with E-state index in [1.54, 1.807) is 6.92 Å². The second-order valence-electron chi connectivity index (χ2n) is 3.60. The number of hydrogen-bond donors (Lipinski definition) is 1. The highest BCUT2D eigenvalue weighted by Gasteiger charge is 2.23. The van der Waals surface area contributed by atoms with Crippen molar-refractivity contribution in [1.82, 2.24) is 0 Å². The molecule has 0 aliphatic rings. The van der Waals surface area contributed by atoms with Gasteiger partial charge in [0.15, 0.2) is 5.88 Å². The van der Waals surface area contributed by atoms with E-state index in [-0.39, 0.29) is 4.90 Å². The fourth-order valence-electron chi connectivity index (χ4n) is 1.15. The highest BCUT2D eigenvalue weighted by molar-refractivity contribution is 8.07. The molecule has 0 saturated heterocycles. The second kappa shape index (κ2) is 5.48. The zero-order valence-electron chi connectivity index (χ0n) is 9.81. The van der Waals surface area contributed by atoms with Gasteiger partial charge in [-0.15, -0.1) is 0 Å². The van der Waals surface area contributed by atoms with E-state index < -0.39 is 30.9 Å². The summed E-state index contributed by atoms with van der Waals surface area (Å²) in [5, 5.41) is 7.77. The summed E-state index contributed by atoms with van der Waals surface area (Å²) in [4.78, 5) is 2.94. The maximum atomic E-state index is 12.0. The van der Waals surface area contributed by atoms with Gasteiger partial charge in [0.25, 0.3) is 10.1 Å². The van der Waals surface area contributed by atoms with Gasteiger partial charge in [-0.25, -0.2) is 13.4 Å². The van der Waals surface area contributed by atoms with E-state index in [9.17, 15) is 16.8 Å². The molecule has 0 amide bonds. The molecule has 0 fully saturated rings. The Bertz CT molecular complexity index is 740. The van der Waals surface area contributed by atoms with Crippen molar-refractivity contribution < 1.29 is 21.4 Å². The number of nitrogens with zero attached hydrogens (tertiary/aromatic N) is 2. The third kappa shape index (κ3) is 4.13. The van der Waals surface area contributed by atoms with Crippen molar-refractivity contribution in [2.75, 3.05) is 5.88 Å². The van der Waals surface area contributed by atoms with Crippen molar-refractivity contribution in [3.63, 3.8) is 0 Å². The Morgan fingerprint density at radius 3 is 2.21 bits per heavy atom. The SMILES string of the molecule is Cc1ccc(S(=O)(=O)/C(C#N)=N/CS(=O)(=O)O)cc1. The molecular formula is C10H10N2O5S2. The maximum Gasteiger partial charge on any atom is 0.285 e. The number of hydrogen-bond acceptors (Lipinski definition) is 6. The van der Waals surface area contributed by atoms with Crippen LogP contribution in [0.15, 0.2) is 34.2 Å². The monoisotopic (exact) mass is 302 g/mol. The summed E-state index contributed by atoms with van der Waals surface area (Å²) in [5.74, 6) is -1.18. The minimum Gasteiger partial charge on any atom is -0.284 e. The van der Waals surface area contributed by atoms with Crippen LogP contribution in [0.5, 0.6) is 0 Å². The summed E-state index contributed by atoms with van der Waals surface area (Å²) in [5.41, 5.74) is 0.826. The van der Waals surface area contributed by atoms with Gasteiger partial charge in [-0.05, 0) is 19.1 Å². The molecule has 7 nitrogen and oxygen atoms in total. The molecule has 1 N–H and O–H groups in total. The van der Waals surface area contributed by atoms with Gasteiger partial charge in [-0.1, -0.05) is 17.7 Å². The molecule has 0 bridgehead atoms. The first-order chi connectivity index (χ1) is 8.66. The molecule has 0 heterocycles. The molecule has 0 aromatic heterocycles. The van der Waals surface area contributed by atoms with E-state index in [4.69, 9.17) is 9.81 Å². The molecule has 1 rings (SSSR count). The Balaban J connectivity index is 3.25. The first-order valence-electron chi connectivity index (χ1n) is 4.88. The number of benzene rings is 1. The minimum atomic E-state index is -4.48. The van der Waals surface area contributed by atoms with Crippen molar-refractivity contribution in [3.8, 4) is 6.07 Å². The molecule has 1 aromatic rings. The van der Waals surface area contributed by atoms with Crippen molar-refractivity contribution in [2.24, 2.45) is 4.99 Å². The van der Waals surface area contributed by atoms with Crippen LogP contribution in [0.1, 0.15) is 5.56 Å². The molecule has 0 atom stereocenters. The predicted molar refractivity (Wildman–Crippen MR) is 67.8 cm³/mol. The van der Waals surface area contributed by atoms with Gasteiger partial charge < -0.3 is 0 Å². The van der Waals surface area contributed by atoms with Crippen molar-refractivity contribution in [3.05, 3.63) is 29.8 Å². The van der Waals surface area contributed by atoms with Crippen LogP contribution in [-0.2, 0) is 20.0 Å². The molecule has 0 aliphatic heterocycles. The average molecular weight is 302 g/mol. The molecule has 102 valence electrons. The van der Waals surface area contributed by atoms with Gasteiger partial charge in [0.05, 0.1) is 4.90 Å². The summed E-state index contributed by atoms with van der Waals surface area (Å²) >= 11 is 0. The zero-order valence-corrected chi connectivity index (χ0v) is 11.4. The molecule has 1 aromatic carbocycles. The molecule has 0 spiro atoms. The predicted octanol–water partition coefficient (Wildman–Crippen LogP) is 0.536. The first-order valence-corrected chi connectivity index (χ1v) is 7.97. The zero-order chi connectivity index (χ0) is 14.7. The van der Waals surface area contributed by atoms with Crippen LogP contribution >= 0.6 is 0 Å². The molecule has 0 unspecified atom stereocenters. The van der Waals surface area contributed by atoms with Crippen molar-refractivity contribution in [1.29, 1.82) is 5.26 Å². The number of rotatable bonds is 3. The highest BCUT2D eigenvalue weighted by atomic mass is 32.2. The maximum absolute atomic E-state index is 12.0. The van der Waals surface area contributed by atoms with Crippen LogP contribution in [0.2, 0.25) is 0 Å². The van der Waals surface area contributed by atoms with Gasteiger partial charge in [-0.2, -0.15) is 13.7 Å². The van der Waals surface area contributed by atoms with E-state index in [0.29, 0.717) is 0 Å². The third-order valence-corrected chi connectivity index (χ3v) is 4.13. The van der Waals surface area contributed by atoms with E-state index in [1.807, 2.05) is 0 Å². The third-order valence-electron chi connectivity index (χ3n) is 2.05. The van der Waals surface area contributed by atoms with Gasteiger partial charge in [-0.3, -0.25) is 4.55 Å². The minimum absolute atomic E-state index is 0.172. The van der Waals surface area contributed by atoms with Crippen LogP contribution < -0.4 is 0 Å². The topological polar surface area (TPSA) is 125 Å². The van der Waals surface area contributed by atoms with Crippen molar-refractivity contribution in [2.45, 2.75) is 11.8 Å². The number of aryl methyl sites for hydroxylation is 1. The lowest BCUT2D eigenvalue weighted by Crippen LogP contribution is -2.15. The molecule has 19 heavy (non-hydrogen) atoms. The van der Waals surface area contributed by atoms with E-state index in [2.05, 4.69) is 4.99 Å². The van der Waals surface area contributed by atoms with Crippen LogP contribution in [0.25, 0.3) is 0 Å².